The van der Waals surface area contributed by atoms with Gasteiger partial charge in [-0.2, -0.15) is 0 Å². The minimum absolute atomic E-state index is 0.0451. The summed E-state index contributed by atoms with van der Waals surface area (Å²) in [5, 5.41) is 2.83. The van der Waals surface area contributed by atoms with Gasteiger partial charge in [0.15, 0.2) is 0 Å². The Hall–Kier alpha value is -3.09. The highest BCUT2D eigenvalue weighted by Gasteiger charge is 2.26. The van der Waals surface area contributed by atoms with Crippen molar-refractivity contribution in [1.29, 1.82) is 0 Å². The molecule has 7 nitrogen and oxygen atoms in total. The number of amides is 2. The van der Waals surface area contributed by atoms with Gasteiger partial charge in [0, 0.05) is 38.8 Å². The van der Waals surface area contributed by atoms with Gasteiger partial charge < -0.3 is 19.9 Å². The first-order valence-corrected chi connectivity index (χ1v) is 9.94. The highest BCUT2D eigenvalue weighted by molar-refractivity contribution is 5.87. The van der Waals surface area contributed by atoms with Gasteiger partial charge in [-0.15, -0.1) is 0 Å². The van der Waals surface area contributed by atoms with Crippen LogP contribution in [0.1, 0.15) is 18.9 Å². The van der Waals surface area contributed by atoms with Crippen LogP contribution in [0.25, 0.3) is 0 Å². The molecule has 1 unspecified atom stereocenters. The Morgan fingerprint density at radius 2 is 1.83 bits per heavy atom. The molecule has 1 fully saturated rings. The number of carbonyl (C=O) groups is 2. The number of carbonyl (C=O) groups excluding carboxylic acids is 2. The lowest BCUT2D eigenvalue weighted by Gasteiger charge is -2.36. The summed E-state index contributed by atoms with van der Waals surface area (Å²) in [5.74, 6) is 1.52. The maximum absolute atomic E-state index is 12.7. The Kier molecular flexibility index (Phi) is 7.05. The first kappa shape index (κ1) is 20.6. The molecule has 1 saturated heterocycles. The van der Waals surface area contributed by atoms with E-state index >= 15 is 0 Å². The molecule has 0 spiro atoms. The van der Waals surface area contributed by atoms with Crippen LogP contribution in [-0.4, -0.2) is 61.0 Å². The standard InChI is InChI=1S/C22H28N4O3/c1-17(24-21(27)11-10-18-7-3-4-8-19(18)29-2)22(28)26-15-13-25(14-16-26)20-9-5-6-12-23-20/h3-9,12,17H,10-11,13-16H2,1-2H3,(H,24,27). The van der Waals surface area contributed by atoms with E-state index in [9.17, 15) is 9.59 Å². The van der Waals surface area contributed by atoms with Crippen LogP contribution in [0.3, 0.4) is 0 Å². The Balaban J connectivity index is 1.45. The molecule has 29 heavy (non-hydrogen) atoms. The molecule has 2 heterocycles. The number of nitrogens with one attached hydrogen (secondary N) is 1. The van der Waals surface area contributed by atoms with Gasteiger partial charge in [-0.05, 0) is 37.1 Å². The average molecular weight is 396 g/mol. The van der Waals surface area contributed by atoms with Crippen LogP contribution in [0, 0.1) is 0 Å². The van der Waals surface area contributed by atoms with Crippen molar-refractivity contribution in [1.82, 2.24) is 15.2 Å². The molecule has 0 saturated carbocycles. The molecule has 154 valence electrons. The summed E-state index contributed by atoms with van der Waals surface area (Å²) in [4.78, 5) is 33.4. The van der Waals surface area contributed by atoms with E-state index in [0.717, 1.165) is 30.2 Å². The third-order valence-electron chi connectivity index (χ3n) is 5.13. The van der Waals surface area contributed by atoms with E-state index in [0.29, 0.717) is 25.9 Å². The van der Waals surface area contributed by atoms with Crippen LogP contribution in [0.4, 0.5) is 5.82 Å². The van der Waals surface area contributed by atoms with Crippen LogP contribution in [0.5, 0.6) is 5.75 Å². The van der Waals surface area contributed by atoms with E-state index in [1.54, 1.807) is 20.2 Å². The highest BCUT2D eigenvalue weighted by Crippen LogP contribution is 2.19. The molecule has 1 aliphatic heterocycles. The van der Waals surface area contributed by atoms with Crippen molar-refractivity contribution in [3.8, 4) is 5.75 Å². The van der Waals surface area contributed by atoms with Crippen LogP contribution in [0.2, 0.25) is 0 Å². The molecule has 2 amide bonds. The molecule has 0 radical (unpaired) electrons. The molecule has 1 atom stereocenters. The van der Waals surface area contributed by atoms with Crippen LogP contribution >= 0.6 is 0 Å². The SMILES string of the molecule is COc1ccccc1CCC(=O)NC(C)C(=O)N1CCN(c2ccccn2)CC1. The van der Waals surface area contributed by atoms with E-state index in [2.05, 4.69) is 15.2 Å². The fourth-order valence-corrected chi connectivity index (χ4v) is 3.50. The van der Waals surface area contributed by atoms with Gasteiger partial charge in [0.1, 0.15) is 17.6 Å². The number of rotatable bonds is 7. The van der Waals surface area contributed by atoms with E-state index < -0.39 is 6.04 Å². The Morgan fingerprint density at radius 3 is 2.52 bits per heavy atom. The van der Waals surface area contributed by atoms with Gasteiger partial charge in [0.2, 0.25) is 11.8 Å². The molecule has 1 aromatic carbocycles. The minimum Gasteiger partial charge on any atom is -0.496 e. The molecule has 0 aliphatic carbocycles. The van der Waals surface area contributed by atoms with Gasteiger partial charge in [-0.1, -0.05) is 24.3 Å². The lowest BCUT2D eigenvalue weighted by atomic mass is 10.1. The van der Waals surface area contributed by atoms with Crippen molar-refractivity contribution in [3.05, 3.63) is 54.2 Å². The molecule has 7 heteroatoms. The number of para-hydroxylation sites is 1. The van der Waals surface area contributed by atoms with Crippen molar-refractivity contribution in [3.63, 3.8) is 0 Å². The fraction of sp³-hybridized carbons (Fsp3) is 0.409. The topological polar surface area (TPSA) is 74.8 Å². The predicted molar refractivity (Wildman–Crippen MR) is 112 cm³/mol. The Bertz CT molecular complexity index is 820. The second-order valence-electron chi connectivity index (χ2n) is 7.10. The van der Waals surface area contributed by atoms with E-state index in [1.807, 2.05) is 47.4 Å². The van der Waals surface area contributed by atoms with Crippen LogP contribution in [-0.2, 0) is 16.0 Å². The number of anilines is 1. The van der Waals surface area contributed by atoms with Crippen molar-refractivity contribution in [2.45, 2.75) is 25.8 Å². The predicted octanol–water partition coefficient (Wildman–Crippen LogP) is 1.88. The fourth-order valence-electron chi connectivity index (χ4n) is 3.50. The largest absolute Gasteiger partial charge is 0.496 e. The van der Waals surface area contributed by atoms with Gasteiger partial charge >= 0.3 is 0 Å². The molecule has 1 aliphatic rings. The quantitative estimate of drug-likeness (QED) is 0.774. The monoisotopic (exact) mass is 396 g/mol. The summed E-state index contributed by atoms with van der Waals surface area (Å²) in [6, 6.07) is 12.9. The summed E-state index contributed by atoms with van der Waals surface area (Å²) < 4.78 is 5.32. The zero-order chi connectivity index (χ0) is 20.6. The molecule has 1 aromatic heterocycles. The van der Waals surface area contributed by atoms with Gasteiger partial charge in [-0.3, -0.25) is 9.59 Å². The second kappa shape index (κ2) is 9.91. The number of aromatic nitrogens is 1. The molecule has 0 bridgehead atoms. The number of benzene rings is 1. The van der Waals surface area contributed by atoms with E-state index in [1.165, 1.54) is 0 Å². The third kappa shape index (κ3) is 5.47. The summed E-state index contributed by atoms with van der Waals surface area (Å²) in [5.41, 5.74) is 0.981. The lowest BCUT2D eigenvalue weighted by molar-refractivity contribution is -0.136. The summed E-state index contributed by atoms with van der Waals surface area (Å²) in [6.07, 6.45) is 2.65. The molecule has 1 N–H and O–H groups in total. The number of hydrogen-bond acceptors (Lipinski definition) is 5. The zero-order valence-electron chi connectivity index (χ0n) is 17.0. The van der Waals surface area contributed by atoms with Crippen molar-refractivity contribution >= 4 is 17.6 Å². The third-order valence-corrected chi connectivity index (χ3v) is 5.13. The zero-order valence-corrected chi connectivity index (χ0v) is 17.0. The number of pyridine rings is 1. The molecule has 3 rings (SSSR count). The average Bonchev–Trinajstić information content (AvgIpc) is 2.78. The van der Waals surface area contributed by atoms with Gasteiger partial charge in [0.25, 0.3) is 0 Å². The smallest absolute Gasteiger partial charge is 0.244 e. The second-order valence-corrected chi connectivity index (χ2v) is 7.10. The van der Waals surface area contributed by atoms with Crippen molar-refractivity contribution in [2.24, 2.45) is 0 Å². The van der Waals surface area contributed by atoms with Crippen LogP contribution < -0.4 is 15.0 Å². The highest BCUT2D eigenvalue weighted by atomic mass is 16.5. The van der Waals surface area contributed by atoms with E-state index in [4.69, 9.17) is 4.74 Å². The lowest BCUT2D eigenvalue weighted by Crippen LogP contribution is -2.54. The molecular formula is C22H28N4O3. The molecular weight excluding hydrogens is 368 g/mol. The number of hydrogen-bond donors (Lipinski definition) is 1. The summed E-state index contributed by atoms with van der Waals surface area (Å²) in [6.45, 7) is 4.45. The number of ether oxygens (including phenoxy) is 1. The van der Waals surface area contributed by atoms with Crippen molar-refractivity contribution in [2.75, 3.05) is 38.2 Å². The first-order valence-electron chi connectivity index (χ1n) is 9.94. The molecule has 2 aromatic rings. The minimum atomic E-state index is -0.540. The Labute approximate surface area is 171 Å². The number of nitrogens with zero attached hydrogens (tertiary/aromatic N) is 3. The van der Waals surface area contributed by atoms with Gasteiger partial charge in [0.05, 0.1) is 7.11 Å². The van der Waals surface area contributed by atoms with E-state index in [-0.39, 0.29) is 11.8 Å². The maximum Gasteiger partial charge on any atom is 0.244 e. The summed E-state index contributed by atoms with van der Waals surface area (Å²) >= 11 is 0. The first-order chi connectivity index (χ1) is 14.1. The number of methoxy groups -OCH3 is 1. The van der Waals surface area contributed by atoms with Crippen LogP contribution in [0.15, 0.2) is 48.7 Å². The maximum atomic E-state index is 12.7. The van der Waals surface area contributed by atoms with Crippen molar-refractivity contribution < 1.29 is 14.3 Å². The normalized spacial score (nSPS) is 15.0. The Morgan fingerprint density at radius 1 is 1.10 bits per heavy atom. The summed E-state index contributed by atoms with van der Waals surface area (Å²) in [7, 11) is 1.62. The van der Waals surface area contributed by atoms with Gasteiger partial charge in [-0.25, -0.2) is 4.98 Å². The number of piperazine rings is 1. The number of aryl methyl sites for hydroxylation is 1.